The Balaban J connectivity index is 1.60. The maximum absolute atomic E-state index is 13.8. The standard InChI is InChI=1S/C24H22ClF3N6/c25-19-11-31-23(32-17-8-6-16(29)7-9-17)33-21(19)20-12-30-22-18(14-4-2-1-3-5-14)10-15(13-34(20)22)24(26,27)28/h1-5,10-13,16-17H,6-9,29H2,(H,31,32,33)/t16-,17-. The van der Waals surface area contributed by atoms with Crippen molar-refractivity contribution >= 4 is 23.2 Å². The molecule has 0 amide bonds. The fourth-order valence-electron chi connectivity index (χ4n) is 4.31. The molecule has 0 atom stereocenters. The number of imidazole rings is 1. The molecule has 0 radical (unpaired) electrons. The molecule has 6 nitrogen and oxygen atoms in total. The van der Waals surface area contributed by atoms with E-state index in [9.17, 15) is 13.2 Å². The van der Waals surface area contributed by atoms with Gasteiger partial charge in [0.05, 0.1) is 28.7 Å². The third kappa shape index (κ3) is 4.45. The maximum atomic E-state index is 13.8. The van der Waals surface area contributed by atoms with Crippen LogP contribution in [0.25, 0.3) is 28.2 Å². The SMILES string of the molecule is N[C@H]1CC[C@H](Nc2ncc(Cl)c(-c3cnc4c(-c5ccccc5)cc(C(F)(F)F)cn34)n2)CC1. The zero-order valence-corrected chi connectivity index (χ0v) is 18.8. The largest absolute Gasteiger partial charge is 0.417 e. The van der Waals surface area contributed by atoms with Crippen molar-refractivity contribution in [3.8, 4) is 22.5 Å². The number of rotatable bonds is 4. The number of nitrogens with two attached hydrogens (primary N) is 1. The zero-order chi connectivity index (χ0) is 23.9. The van der Waals surface area contributed by atoms with Gasteiger partial charge in [-0.3, -0.25) is 4.40 Å². The number of pyridine rings is 1. The van der Waals surface area contributed by atoms with Gasteiger partial charge in [0.1, 0.15) is 11.3 Å². The normalized spacial score (nSPS) is 18.9. The summed E-state index contributed by atoms with van der Waals surface area (Å²) in [4.78, 5) is 13.2. The van der Waals surface area contributed by atoms with E-state index >= 15 is 0 Å². The van der Waals surface area contributed by atoms with E-state index in [-0.39, 0.29) is 17.1 Å². The van der Waals surface area contributed by atoms with Crippen LogP contribution in [0.3, 0.4) is 0 Å². The van der Waals surface area contributed by atoms with Crippen molar-refractivity contribution in [3.63, 3.8) is 0 Å². The van der Waals surface area contributed by atoms with Gasteiger partial charge in [0.15, 0.2) is 0 Å². The number of hydrogen-bond acceptors (Lipinski definition) is 5. The minimum absolute atomic E-state index is 0.178. The highest BCUT2D eigenvalue weighted by Crippen LogP contribution is 2.37. The van der Waals surface area contributed by atoms with Gasteiger partial charge in [0.2, 0.25) is 5.95 Å². The molecule has 3 N–H and O–H groups in total. The van der Waals surface area contributed by atoms with E-state index in [1.54, 1.807) is 30.3 Å². The molecule has 0 spiro atoms. The fraction of sp³-hybridized carbons (Fsp3) is 0.292. The molecule has 1 aliphatic rings. The molecular formula is C24H22ClF3N6. The average Bonchev–Trinajstić information content (AvgIpc) is 3.25. The first-order valence-corrected chi connectivity index (χ1v) is 11.4. The number of nitrogens with one attached hydrogen (secondary N) is 1. The lowest BCUT2D eigenvalue weighted by Gasteiger charge is -2.26. The first-order chi connectivity index (χ1) is 16.3. The lowest BCUT2D eigenvalue weighted by molar-refractivity contribution is -0.137. The van der Waals surface area contributed by atoms with E-state index < -0.39 is 11.7 Å². The van der Waals surface area contributed by atoms with E-state index in [2.05, 4.69) is 20.3 Å². The molecule has 1 aromatic carbocycles. The second-order valence-electron chi connectivity index (χ2n) is 8.49. The Hall–Kier alpha value is -3.17. The van der Waals surface area contributed by atoms with Crippen LogP contribution in [0.4, 0.5) is 19.1 Å². The molecule has 3 heterocycles. The third-order valence-electron chi connectivity index (χ3n) is 6.11. The summed E-state index contributed by atoms with van der Waals surface area (Å²) in [6, 6.07) is 10.3. The smallest absolute Gasteiger partial charge is 0.351 e. The topological polar surface area (TPSA) is 81.1 Å². The van der Waals surface area contributed by atoms with Gasteiger partial charge < -0.3 is 11.1 Å². The van der Waals surface area contributed by atoms with Crippen molar-refractivity contribution in [2.45, 2.75) is 43.9 Å². The Kier molecular flexibility index (Phi) is 5.91. The van der Waals surface area contributed by atoms with Crippen molar-refractivity contribution in [2.24, 2.45) is 5.73 Å². The van der Waals surface area contributed by atoms with Crippen LogP contribution < -0.4 is 11.1 Å². The van der Waals surface area contributed by atoms with Gasteiger partial charge in [-0.1, -0.05) is 41.9 Å². The highest BCUT2D eigenvalue weighted by molar-refractivity contribution is 6.32. The molecule has 0 aliphatic heterocycles. The highest BCUT2D eigenvalue weighted by Gasteiger charge is 2.32. The van der Waals surface area contributed by atoms with Crippen molar-refractivity contribution in [1.82, 2.24) is 19.4 Å². The van der Waals surface area contributed by atoms with Crippen LogP contribution in [-0.2, 0) is 6.18 Å². The molecule has 4 aromatic rings. The Labute approximate surface area is 199 Å². The van der Waals surface area contributed by atoms with Gasteiger partial charge in [0, 0.05) is 23.8 Å². The Morgan fingerprint density at radius 1 is 1.03 bits per heavy atom. The number of hydrogen-bond donors (Lipinski definition) is 2. The summed E-state index contributed by atoms with van der Waals surface area (Å²) in [5.74, 6) is 0.366. The summed E-state index contributed by atoms with van der Waals surface area (Å²) in [7, 11) is 0. The van der Waals surface area contributed by atoms with Crippen LogP contribution in [-0.4, -0.2) is 31.4 Å². The molecule has 0 saturated heterocycles. The van der Waals surface area contributed by atoms with Gasteiger partial charge in [-0.2, -0.15) is 13.2 Å². The van der Waals surface area contributed by atoms with Crippen molar-refractivity contribution in [1.29, 1.82) is 0 Å². The third-order valence-corrected chi connectivity index (χ3v) is 6.39. The number of aromatic nitrogens is 4. The fourth-order valence-corrected chi connectivity index (χ4v) is 4.50. The number of benzene rings is 1. The molecule has 1 aliphatic carbocycles. The molecular weight excluding hydrogens is 465 g/mol. The van der Waals surface area contributed by atoms with E-state index in [0.29, 0.717) is 34.1 Å². The second-order valence-corrected chi connectivity index (χ2v) is 8.90. The van der Waals surface area contributed by atoms with Crippen LogP contribution in [0, 0.1) is 0 Å². The minimum Gasteiger partial charge on any atom is -0.351 e. The quantitative estimate of drug-likeness (QED) is 0.380. The number of alkyl halides is 3. The molecule has 5 rings (SSSR count). The second kappa shape index (κ2) is 8.88. The van der Waals surface area contributed by atoms with Crippen molar-refractivity contribution in [2.75, 3.05) is 5.32 Å². The molecule has 0 bridgehead atoms. The summed E-state index contributed by atoms with van der Waals surface area (Å²) in [6.45, 7) is 0. The summed E-state index contributed by atoms with van der Waals surface area (Å²) in [5.41, 5.74) is 7.21. The maximum Gasteiger partial charge on any atom is 0.417 e. The van der Waals surface area contributed by atoms with Gasteiger partial charge in [0.25, 0.3) is 0 Å². The highest BCUT2D eigenvalue weighted by atomic mass is 35.5. The first kappa shape index (κ1) is 22.6. The van der Waals surface area contributed by atoms with E-state index in [0.717, 1.165) is 37.9 Å². The van der Waals surface area contributed by atoms with Gasteiger partial charge in [-0.25, -0.2) is 15.0 Å². The summed E-state index contributed by atoms with van der Waals surface area (Å²) in [6.07, 6.45) is 3.04. The lowest BCUT2D eigenvalue weighted by Crippen LogP contribution is -2.33. The van der Waals surface area contributed by atoms with Crippen molar-refractivity contribution < 1.29 is 13.2 Å². The van der Waals surface area contributed by atoms with Crippen molar-refractivity contribution in [3.05, 3.63) is 65.6 Å². The van der Waals surface area contributed by atoms with Gasteiger partial charge in [-0.05, 0) is 37.3 Å². The number of halogens is 4. The van der Waals surface area contributed by atoms with Crippen LogP contribution in [0.15, 0.2) is 55.0 Å². The zero-order valence-electron chi connectivity index (χ0n) is 18.1. The van der Waals surface area contributed by atoms with Crippen LogP contribution in [0.5, 0.6) is 0 Å². The van der Waals surface area contributed by atoms with Crippen LogP contribution in [0.1, 0.15) is 31.2 Å². The van der Waals surface area contributed by atoms with Crippen LogP contribution >= 0.6 is 11.6 Å². The number of anilines is 1. The monoisotopic (exact) mass is 486 g/mol. The molecule has 176 valence electrons. The molecule has 1 fully saturated rings. The van der Waals surface area contributed by atoms with E-state index in [1.165, 1.54) is 16.8 Å². The Bertz CT molecular complexity index is 1310. The molecule has 10 heteroatoms. The number of nitrogens with zero attached hydrogens (tertiary/aromatic N) is 4. The molecule has 3 aromatic heterocycles. The average molecular weight is 487 g/mol. The first-order valence-electron chi connectivity index (χ1n) is 11.0. The van der Waals surface area contributed by atoms with E-state index in [1.807, 2.05) is 0 Å². The summed E-state index contributed by atoms with van der Waals surface area (Å²) >= 11 is 6.40. The van der Waals surface area contributed by atoms with Gasteiger partial charge >= 0.3 is 6.18 Å². The summed E-state index contributed by atoms with van der Waals surface area (Å²) in [5, 5.41) is 3.52. The minimum atomic E-state index is -4.54. The predicted octanol–water partition coefficient (Wildman–Crippen LogP) is 5.81. The summed E-state index contributed by atoms with van der Waals surface area (Å²) < 4.78 is 42.7. The Morgan fingerprint density at radius 2 is 1.76 bits per heavy atom. The molecule has 0 unspecified atom stereocenters. The van der Waals surface area contributed by atoms with E-state index in [4.69, 9.17) is 17.3 Å². The predicted molar refractivity (Wildman–Crippen MR) is 126 cm³/mol. The Morgan fingerprint density at radius 3 is 2.47 bits per heavy atom. The molecule has 34 heavy (non-hydrogen) atoms. The number of fused-ring (bicyclic) bond motifs is 1. The van der Waals surface area contributed by atoms with Crippen LogP contribution in [0.2, 0.25) is 5.02 Å². The molecule has 1 saturated carbocycles. The van der Waals surface area contributed by atoms with Gasteiger partial charge in [-0.15, -0.1) is 0 Å². The lowest BCUT2D eigenvalue weighted by atomic mass is 9.92.